The van der Waals surface area contributed by atoms with Gasteiger partial charge in [-0.1, -0.05) is 0 Å². The van der Waals surface area contributed by atoms with Gasteiger partial charge in [0.2, 0.25) is 5.91 Å². The van der Waals surface area contributed by atoms with E-state index in [9.17, 15) is 19.2 Å². The van der Waals surface area contributed by atoms with Crippen LogP contribution in [0.2, 0.25) is 0 Å². The number of ketones is 1. The third kappa shape index (κ3) is 4.76. The van der Waals surface area contributed by atoms with Crippen molar-refractivity contribution in [1.29, 1.82) is 0 Å². The molecule has 1 saturated carbocycles. The Morgan fingerprint density at radius 2 is 1.86 bits per heavy atom. The topological polar surface area (TPSA) is 100 Å². The zero-order valence-electron chi connectivity index (χ0n) is 19.9. The lowest BCUT2D eigenvalue weighted by Crippen LogP contribution is -2.36. The maximum absolute atomic E-state index is 13.1. The number of fused-ring (bicyclic) bond motifs is 1. The number of anilines is 1. The molecule has 5 rings (SSSR count). The second-order valence-electron chi connectivity index (χ2n) is 9.62. The first-order valence-corrected chi connectivity index (χ1v) is 11.9. The molecule has 1 aromatic heterocycles. The number of nitrogens with zero attached hydrogens (tertiary/aromatic N) is 4. The third-order valence-corrected chi connectivity index (χ3v) is 6.73. The molecular weight excluding hydrogens is 448 g/mol. The SMILES string of the molecule is CN(C)C(=O)CN1Cc2ncc(N3CC[C@@H](Oc4ccc(C(=O)CC5CC5)cc4)C3=O)cc2C1=O. The molecule has 1 aliphatic carbocycles. The number of amides is 3. The zero-order chi connectivity index (χ0) is 24.7. The van der Waals surface area contributed by atoms with Gasteiger partial charge < -0.3 is 19.4 Å². The molecule has 3 amide bonds. The number of pyridine rings is 1. The predicted molar refractivity (Wildman–Crippen MR) is 127 cm³/mol. The lowest BCUT2D eigenvalue weighted by molar-refractivity contribution is -0.129. The van der Waals surface area contributed by atoms with E-state index in [1.165, 1.54) is 9.80 Å². The number of hydrogen-bond donors (Lipinski definition) is 0. The lowest BCUT2D eigenvalue weighted by Gasteiger charge is -2.18. The summed E-state index contributed by atoms with van der Waals surface area (Å²) in [7, 11) is 3.29. The van der Waals surface area contributed by atoms with Gasteiger partial charge in [0, 0.05) is 39.0 Å². The maximum atomic E-state index is 13.1. The van der Waals surface area contributed by atoms with Crippen LogP contribution in [0.1, 0.15) is 52.1 Å². The van der Waals surface area contributed by atoms with Crippen LogP contribution in [0.4, 0.5) is 5.69 Å². The molecule has 2 aliphatic heterocycles. The van der Waals surface area contributed by atoms with Gasteiger partial charge in [0.15, 0.2) is 11.9 Å². The molecule has 0 N–H and O–H groups in total. The quantitative estimate of drug-likeness (QED) is 0.542. The summed E-state index contributed by atoms with van der Waals surface area (Å²) in [5.41, 5.74) is 2.22. The highest BCUT2D eigenvalue weighted by Gasteiger charge is 2.37. The molecule has 0 bridgehead atoms. The zero-order valence-corrected chi connectivity index (χ0v) is 19.9. The largest absolute Gasteiger partial charge is 0.481 e. The van der Waals surface area contributed by atoms with Crippen molar-refractivity contribution in [3.05, 3.63) is 53.3 Å². The van der Waals surface area contributed by atoms with Gasteiger partial charge in [-0.25, -0.2) is 0 Å². The Morgan fingerprint density at radius 1 is 1.11 bits per heavy atom. The molecule has 182 valence electrons. The van der Waals surface area contributed by atoms with E-state index in [4.69, 9.17) is 4.74 Å². The average Bonchev–Trinajstić information content (AvgIpc) is 3.52. The Balaban J connectivity index is 1.22. The molecule has 1 saturated heterocycles. The Bertz CT molecular complexity index is 1190. The van der Waals surface area contributed by atoms with Crippen LogP contribution in [-0.2, 0) is 16.1 Å². The number of likely N-dealkylation sites (N-methyl/N-ethyl adjacent to an activating group) is 1. The van der Waals surface area contributed by atoms with Crippen LogP contribution in [0.15, 0.2) is 36.5 Å². The van der Waals surface area contributed by atoms with E-state index in [0.717, 1.165) is 12.8 Å². The highest BCUT2D eigenvalue weighted by molar-refractivity contribution is 6.03. The van der Waals surface area contributed by atoms with E-state index in [0.29, 0.717) is 53.6 Å². The van der Waals surface area contributed by atoms with Gasteiger partial charge in [0.25, 0.3) is 11.8 Å². The van der Waals surface area contributed by atoms with Gasteiger partial charge in [-0.05, 0) is 49.1 Å². The summed E-state index contributed by atoms with van der Waals surface area (Å²) >= 11 is 0. The number of benzene rings is 1. The Kier molecular flexibility index (Phi) is 6.00. The molecule has 1 aromatic carbocycles. The number of carbonyl (C=O) groups is 4. The standard InChI is InChI=1S/C26H28N4O5/c1-28(2)24(32)15-29-14-21-20(25(29)33)12-18(13-27-21)30-10-9-23(26(30)34)35-19-7-5-17(6-8-19)22(31)11-16-3-4-16/h5-8,12-13,16,23H,3-4,9-11,14-15H2,1-2H3/t23-/m1/s1. The summed E-state index contributed by atoms with van der Waals surface area (Å²) in [5, 5.41) is 0. The van der Waals surface area contributed by atoms with Crippen molar-refractivity contribution in [1.82, 2.24) is 14.8 Å². The van der Waals surface area contributed by atoms with Gasteiger partial charge in [-0.3, -0.25) is 24.2 Å². The van der Waals surface area contributed by atoms with Crippen LogP contribution in [0.25, 0.3) is 0 Å². The summed E-state index contributed by atoms with van der Waals surface area (Å²) in [6.07, 6.45) is 4.29. The lowest BCUT2D eigenvalue weighted by atomic mass is 10.1. The minimum Gasteiger partial charge on any atom is -0.481 e. The van der Waals surface area contributed by atoms with Gasteiger partial charge in [0.1, 0.15) is 12.3 Å². The second-order valence-corrected chi connectivity index (χ2v) is 9.62. The van der Waals surface area contributed by atoms with E-state index >= 15 is 0 Å². The van der Waals surface area contributed by atoms with Gasteiger partial charge in [-0.2, -0.15) is 0 Å². The van der Waals surface area contributed by atoms with Crippen LogP contribution in [-0.4, -0.2) is 71.6 Å². The first kappa shape index (κ1) is 23.0. The Morgan fingerprint density at radius 3 is 2.54 bits per heavy atom. The summed E-state index contributed by atoms with van der Waals surface area (Å²) in [4.78, 5) is 59.0. The molecule has 35 heavy (non-hydrogen) atoms. The number of ether oxygens (including phenoxy) is 1. The van der Waals surface area contributed by atoms with Crippen molar-refractivity contribution in [2.24, 2.45) is 5.92 Å². The van der Waals surface area contributed by atoms with Gasteiger partial charge >= 0.3 is 0 Å². The Labute approximate surface area is 203 Å². The number of aromatic nitrogens is 1. The fourth-order valence-corrected chi connectivity index (χ4v) is 4.40. The number of carbonyl (C=O) groups excluding carboxylic acids is 4. The molecule has 0 unspecified atom stereocenters. The maximum Gasteiger partial charge on any atom is 0.268 e. The normalized spacial score (nSPS) is 19.2. The smallest absolute Gasteiger partial charge is 0.268 e. The molecule has 2 fully saturated rings. The van der Waals surface area contributed by atoms with Crippen LogP contribution in [0, 0.1) is 5.92 Å². The van der Waals surface area contributed by atoms with Crippen molar-refractivity contribution in [3.63, 3.8) is 0 Å². The van der Waals surface area contributed by atoms with Crippen LogP contribution in [0.5, 0.6) is 5.75 Å². The summed E-state index contributed by atoms with van der Waals surface area (Å²) in [6, 6.07) is 8.64. The molecular formula is C26H28N4O5. The van der Waals surface area contributed by atoms with Gasteiger partial charge in [-0.15, -0.1) is 0 Å². The highest BCUT2D eigenvalue weighted by Crippen LogP contribution is 2.34. The molecule has 3 heterocycles. The van der Waals surface area contributed by atoms with E-state index in [2.05, 4.69) is 4.98 Å². The predicted octanol–water partition coefficient (Wildman–Crippen LogP) is 2.29. The van der Waals surface area contributed by atoms with Gasteiger partial charge in [0.05, 0.1) is 29.7 Å². The number of rotatable bonds is 8. The molecule has 0 spiro atoms. The van der Waals surface area contributed by atoms with Crippen molar-refractivity contribution in [2.75, 3.05) is 32.1 Å². The van der Waals surface area contributed by atoms with Crippen LogP contribution in [0.3, 0.4) is 0 Å². The molecule has 2 aromatic rings. The van der Waals surface area contributed by atoms with Crippen LogP contribution >= 0.6 is 0 Å². The molecule has 9 heteroatoms. The summed E-state index contributed by atoms with van der Waals surface area (Å²) in [5.74, 6) is 0.586. The van der Waals surface area contributed by atoms with Crippen LogP contribution < -0.4 is 9.64 Å². The van der Waals surface area contributed by atoms with E-state index in [1.807, 2.05) is 0 Å². The fourth-order valence-electron chi connectivity index (χ4n) is 4.40. The third-order valence-electron chi connectivity index (χ3n) is 6.73. The molecule has 0 radical (unpaired) electrons. The minimum atomic E-state index is -0.652. The number of hydrogen-bond acceptors (Lipinski definition) is 6. The van der Waals surface area contributed by atoms with E-state index < -0.39 is 6.10 Å². The Hall–Kier alpha value is -3.75. The molecule has 9 nitrogen and oxygen atoms in total. The first-order valence-electron chi connectivity index (χ1n) is 11.9. The van der Waals surface area contributed by atoms with Crippen molar-refractivity contribution < 1.29 is 23.9 Å². The van der Waals surface area contributed by atoms with Crippen molar-refractivity contribution >= 4 is 29.2 Å². The van der Waals surface area contributed by atoms with E-state index in [-0.39, 0.29) is 36.6 Å². The summed E-state index contributed by atoms with van der Waals surface area (Å²) in [6.45, 7) is 0.701. The second kappa shape index (κ2) is 9.13. The number of Topliss-reactive ketones (excluding diaryl/α,β-unsaturated/α-hetero) is 1. The summed E-state index contributed by atoms with van der Waals surface area (Å²) < 4.78 is 5.92. The van der Waals surface area contributed by atoms with E-state index in [1.54, 1.807) is 55.5 Å². The van der Waals surface area contributed by atoms with Crippen molar-refractivity contribution in [2.45, 2.75) is 38.3 Å². The molecule has 1 atom stereocenters. The average molecular weight is 477 g/mol. The molecule has 3 aliphatic rings. The fraction of sp³-hybridized carbons (Fsp3) is 0.423. The highest BCUT2D eigenvalue weighted by atomic mass is 16.5. The van der Waals surface area contributed by atoms with Crippen molar-refractivity contribution in [3.8, 4) is 5.75 Å². The minimum absolute atomic E-state index is 0.0128. The monoisotopic (exact) mass is 476 g/mol. The first-order chi connectivity index (χ1) is 16.8.